The fourth-order valence-electron chi connectivity index (χ4n) is 3.38. The van der Waals surface area contributed by atoms with Crippen LogP contribution in [0.15, 0.2) is 12.2 Å². The molecule has 0 saturated carbocycles. The van der Waals surface area contributed by atoms with Crippen molar-refractivity contribution in [1.29, 1.82) is 0 Å². The van der Waals surface area contributed by atoms with E-state index in [1.54, 1.807) is 0 Å². The summed E-state index contributed by atoms with van der Waals surface area (Å²) < 4.78 is 0. The van der Waals surface area contributed by atoms with Gasteiger partial charge >= 0.3 is 0 Å². The van der Waals surface area contributed by atoms with Gasteiger partial charge in [-0.2, -0.15) is 0 Å². The molecule has 0 nitrogen and oxygen atoms in total. The highest BCUT2D eigenvalue weighted by Crippen LogP contribution is 2.13. The van der Waals surface area contributed by atoms with Crippen molar-refractivity contribution in [3.8, 4) is 0 Å². The lowest BCUT2D eigenvalue weighted by Gasteiger charge is -2.02. The van der Waals surface area contributed by atoms with E-state index in [0.29, 0.717) is 0 Å². The summed E-state index contributed by atoms with van der Waals surface area (Å²) in [7, 11) is 0. The summed E-state index contributed by atoms with van der Waals surface area (Å²) in [6.07, 6.45) is 33.4. The van der Waals surface area contributed by atoms with Gasteiger partial charge in [-0.25, -0.2) is 0 Å². The maximum Gasteiger partial charge on any atom is -0.0351 e. The minimum Gasteiger partial charge on any atom is -0.0885 e. The lowest BCUT2D eigenvalue weighted by atomic mass is 10.0. The second kappa shape index (κ2) is 22.7. The van der Waals surface area contributed by atoms with Gasteiger partial charge in [0.15, 0.2) is 0 Å². The Balaban J connectivity index is 3.02. The number of allylic oxidation sites excluding steroid dienone is 2. The summed E-state index contributed by atoms with van der Waals surface area (Å²) in [5.74, 6) is 0. The number of hydrogen-bond acceptors (Lipinski definition) is 0. The van der Waals surface area contributed by atoms with Gasteiger partial charge in [0.1, 0.15) is 0 Å². The molecule has 0 N–H and O–H groups in total. The lowest BCUT2D eigenvalue weighted by Crippen LogP contribution is -1.82. The predicted molar refractivity (Wildman–Crippen MR) is 113 cm³/mol. The molecule has 0 radical (unpaired) electrons. The quantitative estimate of drug-likeness (QED) is 0.153. The zero-order valence-electron chi connectivity index (χ0n) is 17.3. The zero-order chi connectivity index (χ0) is 17.6. The molecule has 144 valence electrons. The predicted octanol–water partition coefficient (Wildman–Crippen LogP) is 9.38. The van der Waals surface area contributed by atoms with E-state index in [2.05, 4.69) is 26.0 Å². The Morgan fingerprint density at radius 2 is 0.583 bits per heavy atom. The van der Waals surface area contributed by atoms with E-state index in [1.165, 1.54) is 128 Å². The highest BCUT2D eigenvalue weighted by atomic mass is 14.0. The van der Waals surface area contributed by atoms with Crippen molar-refractivity contribution in [3.05, 3.63) is 12.2 Å². The molecule has 0 aromatic rings. The summed E-state index contributed by atoms with van der Waals surface area (Å²) >= 11 is 0. The van der Waals surface area contributed by atoms with Crippen molar-refractivity contribution < 1.29 is 0 Å². The fourth-order valence-corrected chi connectivity index (χ4v) is 3.38. The molecule has 0 fully saturated rings. The normalized spacial score (nSPS) is 11.6. The molecule has 0 aromatic heterocycles. The first-order valence-electron chi connectivity index (χ1n) is 11.6. The fraction of sp³-hybridized carbons (Fsp3) is 0.917. The molecule has 0 amide bonds. The van der Waals surface area contributed by atoms with Gasteiger partial charge < -0.3 is 0 Å². The molecule has 0 saturated heterocycles. The molecule has 0 aliphatic carbocycles. The Hall–Kier alpha value is -0.260. The van der Waals surface area contributed by atoms with E-state index in [1.807, 2.05) is 0 Å². The smallest absolute Gasteiger partial charge is 0.0351 e. The second-order valence-corrected chi connectivity index (χ2v) is 7.71. The maximum atomic E-state index is 2.43. The Kier molecular flexibility index (Phi) is 22.5. The highest BCUT2D eigenvalue weighted by Gasteiger charge is 1.93. The van der Waals surface area contributed by atoms with Crippen LogP contribution in [0.2, 0.25) is 0 Å². The van der Waals surface area contributed by atoms with Gasteiger partial charge in [0, 0.05) is 0 Å². The second-order valence-electron chi connectivity index (χ2n) is 7.71. The maximum absolute atomic E-state index is 2.43. The molecular weight excluding hydrogens is 288 g/mol. The molecule has 0 bridgehead atoms. The Morgan fingerprint density at radius 3 is 0.875 bits per heavy atom. The molecule has 0 unspecified atom stereocenters. The number of rotatable bonds is 20. The summed E-state index contributed by atoms with van der Waals surface area (Å²) in [5.41, 5.74) is 0. The van der Waals surface area contributed by atoms with Gasteiger partial charge in [-0.05, 0) is 25.7 Å². The standard InChI is InChI=1S/C24H48/c1-3-5-7-9-11-13-15-17-19-21-23-24-22-20-18-16-14-12-10-8-6-4-2/h15,17H,3-14,16,18-24H2,1-2H3/b17-15+. The molecule has 0 aliphatic rings. The highest BCUT2D eigenvalue weighted by molar-refractivity contribution is 4.81. The van der Waals surface area contributed by atoms with Crippen LogP contribution in [-0.2, 0) is 0 Å². The third kappa shape index (κ3) is 21.7. The molecule has 24 heavy (non-hydrogen) atoms. The van der Waals surface area contributed by atoms with Gasteiger partial charge in [0.05, 0.1) is 0 Å². The van der Waals surface area contributed by atoms with Gasteiger partial charge in [0.25, 0.3) is 0 Å². The molecular formula is C24H48. The Labute approximate surface area is 154 Å². The van der Waals surface area contributed by atoms with E-state index >= 15 is 0 Å². The van der Waals surface area contributed by atoms with Crippen molar-refractivity contribution in [2.45, 2.75) is 142 Å². The first kappa shape index (κ1) is 23.7. The summed E-state index contributed by atoms with van der Waals surface area (Å²) in [6.45, 7) is 4.58. The van der Waals surface area contributed by atoms with Crippen LogP contribution in [0.25, 0.3) is 0 Å². The van der Waals surface area contributed by atoms with Gasteiger partial charge in [-0.1, -0.05) is 129 Å². The average molecular weight is 337 g/mol. The zero-order valence-corrected chi connectivity index (χ0v) is 17.3. The molecule has 0 spiro atoms. The average Bonchev–Trinajstić information content (AvgIpc) is 2.60. The van der Waals surface area contributed by atoms with Crippen LogP contribution >= 0.6 is 0 Å². The van der Waals surface area contributed by atoms with Crippen LogP contribution in [0.5, 0.6) is 0 Å². The molecule has 0 heterocycles. The lowest BCUT2D eigenvalue weighted by molar-refractivity contribution is 0.540. The summed E-state index contributed by atoms with van der Waals surface area (Å²) in [5, 5.41) is 0. The van der Waals surface area contributed by atoms with Crippen LogP contribution in [0.3, 0.4) is 0 Å². The van der Waals surface area contributed by atoms with Crippen molar-refractivity contribution in [2.24, 2.45) is 0 Å². The van der Waals surface area contributed by atoms with E-state index in [-0.39, 0.29) is 0 Å². The van der Waals surface area contributed by atoms with Gasteiger partial charge in [-0.15, -0.1) is 0 Å². The van der Waals surface area contributed by atoms with Gasteiger partial charge in [-0.3, -0.25) is 0 Å². The molecule has 0 rings (SSSR count). The van der Waals surface area contributed by atoms with Crippen LogP contribution in [0.1, 0.15) is 142 Å². The monoisotopic (exact) mass is 336 g/mol. The number of hydrogen-bond donors (Lipinski definition) is 0. The van der Waals surface area contributed by atoms with Crippen LogP contribution in [0, 0.1) is 0 Å². The van der Waals surface area contributed by atoms with Gasteiger partial charge in [0.2, 0.25) is 0 Å². The third-order valence-corrected chi connectivity index (χ3v) is 5.12. The van der Waals surface area contributed by atoms with Crippen LogP contribution in [0.4, 0.5) is 0 Å². The van der Waals surface area contributed by atoms with Crippen LogP contribution < -0.4 is 0 Å². The van der Waals surface area contributed by atoms with Crippen molar-refractivity contribution in [3.63, 3.8) is 0 Å². The SMILES string of the molecule is CCCCCCC/C=C/CCCCCCCCCCCCCCC. The Morgan fingerprint density at radius 1 is 0.333 bits per heavy atom. The minimum atomic E-state index is 1.31. The molecule has 0 aliphatic heterocycles. The van der Waals surface area contributed by atoms with Crippen molar-refractivity contribution in [1.82, 2.24) is 0 Å². The molecule has 0 heteroatoms. The van der Waals surface area contributed by atoms with E-state index in [9.17, 15) is 0 Å². The Bertz CT molecular complexity index is 228. The molecule has 0 atom stereocenters. The summed E-state index contributed by atoms with van der Waals surface area (Å²) in [4.78, 5) is 0. The summed E-state index contributed by atoms with van der Waals surface area (Å²) in [6, 6.07) is 0. The van der Waals surface area contributed by atoms with E-state index in [4.69, 9.17) is 0 Å². The minimum absolute atomic E-state index is 1.31. The van der Waals surface area contributed by atoms with Crippen molar-refractivity contribution in [2.75, 3.05) is 0 Å². The first-order valence-corrected chi connectivity index (χ1v) is 11.6. The van der Waals surface area contributed by atoms with Crippen molar-refractivity contribution >= 4 is 0 Å². The third-order valence-electron chi connectivity index (χ3n) is 5.12. The number of unbranched alkanes of at least 4 members (excludes halogenated alkanes) is 18. The first-order chi connectivity index (χ1) is 11.9. The molecule has 0 aromatic carbocycles. The van der Waals surface area contributed by atoms with E-state index < -0.39 is 0 Å². The van der Waals surface area contributed by atoms with Crippen LogP contribution in [-0.4, -0.2) is 0 Å². The van der Waals surface area contributed by atoms with E-state index in [0.717, 1.165) is 0 Å². The largest absolute Gasteiger partial charge is 0.0885 e. The topological polar surface area (TPSA) is 0 Å².